The Morgan fingerprint density at radius 3 is 1.74 bits per heavy atom. The quantitative estimate of drug-likeness (QED) is 0.160. The third-order valence-corrected chi connectivity index (χ3v) is 14.2. The second-order valence-electron chi connectivity index (χ2n) is 15.3. The summed E-state index contributed by atoms with van der Waals surface area (Å²) in [7, 11) is 0. The number of hydrogen-bond donors (Lipinski definition) is 0. The maximum atomic E-state index is 2.57. The van der Waals surface area contributed by atoms with Crippen LogP contribution in [0.1, 0.15) is 49.9 Å². The van der Waals surface area contributed by atoms with Crippen LogP contribution < -0.4 is 0 Å². The van der Waals surface area contributed by atoms with E-state index in [1.807, 2.05) is 22.7 Å². The molecule has 0 saturated carbocycles. The first-order valence-electron chi connectivity index (χ1n) is 17.6. The van der Waals surface area contributed by atoms with Gasteiger partial charge in [-0.05, 0) is 131 Å². The molecule has 0 spiro atoms. The van der Waals surface area contributed by atoms with Crippen LogP contribution in [0.4, 0.5) is 0 Å². The standard InChI is InChI=1S/C48H34S2/c1-47(2)37-21-30(43-22-28-12-6-9-15-41(28)49-43)18-19-32(37)34-24-39-35(25-38(34)47)46-33-20-17-27-11-5-8-14-31(27)45(33)36(26-40(46)48(39,3)4)44-23-29-13-7-10-16-42(29)50-44/h5-26H,1-4H3. The lowest BCUT2D eigenvalue weighted by molar-refractivity contribution is 0.652. The second-order valence-corrected chi connectivity index (χ2v) is 17.5. The molecule has 0 saturated heterocycles. The van der Waals surface area contributed by atoms with E-state index in [2.05, 4.69) is 161 Å². The summed E-state index contributed by atoms with van der Waals surface area (Å²) in [6.45, 7) is 9.74. The molecule has 0 bridgehead atoms. The van der Waals surface area contributed by atoms with Crippen LogP contribution in [0.3, 0.4) is 0 Å². The summed E-state index contributed by atoms with van der Waals surface area (Å²) < 4.78 is 2.69. The summed E-state index contributed by atoms with van der Waals surface area (Å²) in [6, 6.07) is 50.9. The topological polar surface area (TPSA) is 0 Å². The van der Waals surface area contributed by atoms with Crippen molar-refractivity contribution in [1.29, 1.82) is 0 Å². The van der Waals surface area contributed by atoms with Crippen molar-refractivity contribution in [2.75, 3.05) is 0 Å². The Balaban J connectivity index is 1.15. The highest BCUT2D eigenvalue weighted by Crippen LogP contribution is 2.59. The number of thiophene rings is 2. The van der Waals surface area contributed by atoms with Crippen molar-refractivity contribution in [2.45, 2.75) is 38.5 Å². The molecule has 11 rings (SSSR count). The third kappa shape index (κ3) is 3.76. The van der Waals surface area contributed by atoms with E-state index in [0.29, 0.717) is 0 Å². The summed E-state index contributed by atoms with van der Waals surface area (Å²) in [5.74, 6) is 0. The van der Waals surface area contributed by atoms with Gasteiger partial charge in [0.05, 0.1) is 0 Å². The van der Waals surface area contributed by atoms with Gasteiger partial charge in [0.1, 0.15) is 0 Å². The third-order valence-electron chi connectivity index (χ3n) is 11.9. The smallest absolute Gasteiger partial charge is 0.0361 e. The highest BCUT2D eigenvalue weighted by molar-refractivity contribution is 7.22. The molecule has 238 valence electrons. The van der Waals surface area contributed by atoms with Gasteiger partial charge in [0.2, 0.25) is 0 Å². The van der Waals surface area contributed by atoms with Gasteiger partial charge >= 0.3 is 0 Å². The van der Waals surface area contributed by atoms with Gasteiger partial charge in [-0.3, -0.25) is 0 Å². The highest BCUT2D eigenvalue weighted by Gasteiger charge is 2.43. The van der Waals surface area contributed by atoms with E-state index in [-0.39, 0.29) is 10.8 Å². The van der Waals surface area contributed by atoms with Gasteiger partial charge in [0, 0.05) is 35.5 Å². The van der Waals surface area contributed by atoms with Crippen molar-refractivity contribution in [3.8, 4) is 43.1 Å². The van der Waals surface area contributed by atoms with Crippen molar-refractivity contribution in [3.63, 3.8) is 0 Å². The molecule has 0 radical (unpaired) electrons. The zero-order valence-corrected chi connectivity index (χ0v) is 30.2. The maximum Gasteiger partial charge on any atom is 0.0361 e. The van der Waals surface area contributed by atoms with Gasteiger partial charge in [-0.1, -0.05) is 113 Å². The minimum absolute atomic E-state index is 0.112. The van der Waals surface area contributed by atoms with E-state index in [1.165, 1.54) is 107 Å². The molecule has 2 heterocycles. The highest BCUT2D eigenvalue weighted by atomic mass is 32.1. The van der Waals surface area contributed by atoms with Crippen molar-refractivity contribution in [2.24, 2.45) is 0 Å². The van der Waals surface area contributed by atoms with E-state index in [4.69, 9.17) is 0 Å². The van der Waals surface area contributed by atoms with Gasteiger partial charge in [-0.15, -0.1) is 22.7 Å². The molecule has 0 nitrogen and oxygen atoms in total. The molecule has 7 aromatic carbocycles. The molecule has 0 N–H and O–H groups in total. The van der Waals surface area contributed by atoms with Crippen molar-refractivity contribution in [1.82, 2.24) is 0 Å². The Morgan fingerprint density at radius 2 is 0.980 bits per heavy atom. The molecule has 9 aromatic rings. The van der Waals surface area contributed by atoms with Crippen LogP contribution in [0.15, 0.2) is 133 Å². The van der Waals surface area contributed by atoms with Crippen LogP contribution in [0.25, 0.3) is 84.9 Å². The predicted octanol–water partition coefficient (Wildman–Crippen LogP) is 14.4. The van der Waals surface area contributed by atoms with Crippen molar-refractivity contribution >= 4 is 64.4 Å². The van der Waals surface area contributed by atoms with E-state index in [9.17, 15) is 0 Å². The van der Waals surface area contributed by atoms with E-state index < -0.39 is 0 Å². The molecule has 0 amide bonds. The fourth-order valence-corrected chi connectivity index (χ4v) is 11.4. The van der Waals surface area contributed by atoms with Gasteiger partial charge in [0.15, 0.2) is 0 Å². The fourth-order valence-electron chi connectivity index (χ4n) is 9.22. The first-order valence-corrected chi connectivity index (χ1v) is 19.2. The number of hydrogen-bond acceptors (Lipinski definition) is 2. The predicted molar refractivity (Wildman–Crippen MR) is 218 cm³/mol. The molecular formula is C48H34S2. The minimum Gasteiger partial charge on any atom is -0.135 e. The first kappa shape index (κ1) is 28.8. The first-order chi connectivity index (χ1) is 24.3. The normalized spacial score (nSPS) is 15.1. The Morgan fingerprint density at radius 1 is 0.400 bits per heavy atom. The lowest BCUT2D eigenvalue weighted by Crippen LogP contribution is -2.17. The zero-order chi connectivity index (χ0) is 33.5. The molecule has 0 unspecified atom stereocenters. The monoisotopic (exact) mass is 674 g/mol. The average Bonchev–Trinajstić information content (AvgIpc) is 3.87. The Labute approximate surface area is 300 Å². The molecule has 50 heavy (non-hydrogen) atoms. The second kappa shape index (κ2) is 9.82. The van der Waals surface area contributed by atoms with Crippen LogP contribution in [0.5, 0.6) is 0 Å². The fraction of sp³-hybridized carbons (Fsp3) is 0.125. The van der Waals surface area contributed by atoms with Gasteiger partial charge in [-0.2, -0.15) is 0 Å². The molecule has 0 fully saturated rings. The lowest BCUT2D eigenvalue weighted by atomic mass is 9.79. The number of benzene rings is 7. The molecular weight excluding hydrogens is 641 g/mol. The van der Waals surface area contributed by atoms with Gasteiger partial charge in [-0.25, -0.2) is 0 Å². The van der Waals surface area contributed by atoms with Gasteiger partial charge < -0.3 is 0 Å². The number of rotatable bonds is 2. The summed E-state index contributed by atoms with van der Waals surface area (Å²) in [5.41, 5.74) is 13.7. The minimum atomic E-state index is -0.144. The Bertz CT molecular complexity index is 2860. The molecule has 0 atom stereocenters. The van der Waals surface area contributed by atoms with Crippen LogP contribution in [-0.4, -0.2) is 0 Å². The van der Waals surface area contributed by atoms with Gasteiger partial charge in [0.25, 0.3) is 0 Å². The Kier molecular flexibility index (Phi) is 5.65. The zero-order valence-electron chi connectivity index (χ0n) is 28.5. The lowest BCUT2D eigenvalue weighted by Gasteiger charge is -2.24. The summed E-state index contributed by atoms with van der Waals surface area (Å²) in [6.07, 6.45) is 0. The SMILES string of the molecule is CC1(C)c2cc(-c3cc4ccccc4s3)ccc2-c2cc3c(cc21)-c1c(cc(-c2cc4ccccc4s2)c2c1ccc1ccccc12)C3(C)C. The molecule has 2 aliphatic rings. The molecule has 2 heteroatoms. The summed E-state index contributed by atoms with van der Waals surface area (Å²) >= 11 is 3.81. The van der Waals surface area contributed by atoms with E-state index >= 15 is 0 Å². The Hall–Kier alpha value is -5.02. The van der Waals surface area contributed by atoms with Crippen LogP contribution in [0, 0.1) is 0 Å². The van der Waals surface area contributed by atoms with Crippen LogP contribution >= 0.6 is 22.7 Å². The molecule has 2 aromatic heterocycles. The largest absolute Gasteiger partial charge is 0.135 e. The van der Waals surface area contributed by atoms with E-state index in [1.54, 1.807) is 0 Å². The van der Waals surface area contributed by atoms with E-state index in [0.717, 1.165) is 0 Å². The molecule has 2 aliphatic carbocycles. The summed E-state index contributed by atoms with van der Waals surface area (Å²) in [5, 5.41) is 7.99. The van der Waals surface area contributed by atoms with Crippen LogP contribution in [0.2, 0.25) is 0 Å². The summed E-state index contributed by atoms with van der Waals surface area (Å²) in [4.78, 5) is 2.68. The maximum absolute atomic E-state index is 2.57. The van der Waals surface area contributed by atoms with Crippen molar-refractivity contribution < 1.29 is 0 Å². The number of fused-ring (bicyclic) bond motifs is 12. The van der Waals surface area contributed by atoms with Crippen LogP contribution in [-0.2, 0) is 10.8 Å². The van der Waals surface area contributed by atoms with Crippen molar-refractivity contribution in [3.05, 3.63) is 156 Å². The average molecular weight is 675 g/mol. The molecule has 0 aliphatic heterocycles.